The molecular weight excluding hydrogens is 368 g/mol. The van der Waals surface area contributed by atoms with E-state index in [1.165, 1.54) is 0 Å². The Morgan fingerprint density at radius 2 is 1.08 bits per heavy atom. The maximum absolute atomic E-state index is 9.28. The molecule has 6 nitrogen and oxygen atoms in total. The molecule has 0 heterocycles. The van der Waals surface area contributed by atoms with E-state index in [0.717, 1.165) is 45.2 Å². The van der Waals surface area contributed by atoms with Crippen molar-refractivity contribution in [1.82, 2.24) is 0 Å². The average Bonchev–Trinajstić information content (AvgIpc) is 2.71. The maximum atomic E-state index is 9.28. The number of methoxy groups -OCH3 is 2. The number of hydrogen-bond donors (Lipinski definition) is 0. The highest BCUT2D eigenvalue weighted by atomic mass is 32.2. The summed E-state index contributed by atoms with van der Waals surface area (Å²) in [7, 11) is 3.18. The number of rotatable bonds is 7. The molecule has 0 aliphatic heterocycles. The summed E-state index contributed by atoms with van der Waals surface area (Å²) in [5.41, 5.74) is -0.0661. The van der Waals surface area contributed by atoms with Gasteiger partial charge < -0.3 is 9.47 Å². The number of ether oxygens (including phenoxy) is 2. The molecule has 2 aromatic rings. The summed E-state index contributed by atoms with van der Waals surface area (Å²) in [5, 5.41) is 18.6. The Morgan fingerprint density at radius 3 is 1.35 bits per heavy atom. The zero-order valence-electron chi connectivity index (χ0n) is 14.0. The average molecular weight is 382 g/mol. The molecule has 0 aliphatic carbocycles. The second-order valence-electron chi connectivity index (χ2n) is 4.64. The molecule has 0 bridgehead atoms. The van der Waals surface area contributed by atoms with Gasteiger partial charge in [-0.3, -0.25) is 0 Å². The van der Waals surface area contributed by atoms with Crippen LogP contribution < -0.4 is 9.47 Å². The van der Waals surface area contributed by atoms with Crippen LogP contribution in [0, 0.1) is 22.7 Å². The first-order valence-corrected chi connectivity index (χ1v) is 8.83. The van der Waals surface area contributed by atoms with Crippen molar-refractivity contribution in [3.8, 4) is 23.6 Å². The van der Waals surface area contributed by atoms with Crippen molar-refractivity contribution in [1.29, 1.82) is 10.5 Å². The van der Waals surface area contributed by atoms with Gasteiger partial charge in [0.25, 0.3) is 0 Å². The van der Waals surface area contributed by atoms with Crippen molar-refractivity contribution in [2.75, 3.05) is 14.2 Å². The van der Waals surface area contributed by atoms with Crippen LogP contribution in [0.3, 0.4) is 0 Å². The normalized spacial score (nSPS) is 11.4. The van der Waals surface area contributed by atoms with E-state index in [9.17, 15) is 10.5 Å². The van der Waals surface area contributed by atoms with Crippen LogP contribution in [-0.4, -0.2) is 25.6 Å². The van der Waals surface area contributed by atoms with Crippen LogP contribution in [0.4, 0.5) is 0 Å². The van der Waals surface area contributed by atoms with Gasteiger partial charge in [-0.2, -0.15) is 19.3 Å². The van der Waals surface area contributed by atoms with E-state index < -0.39 is 0 Å². The zero-order chi connectivity index (χ0) is 18.8. The predicted molar refractivity (Wildman–Crippen MR) is 104 cm³/mol. The van der Waals surface area contributed by atoms with Crippen LogP contribution in [0.25, 0.3) is 0 Å². The number of nitriles is 2. The van der Waals surface area contributed by atoms with Crippen LogP contribution in [0.15, 0.2) is 67.1 Å². The Labute approximate surface area is 160 Å². The fraction of sp³-hybridized carbons (Fsp3) is 0.111. The van der Waals surface area contributed by atoms with Crippen molar-refractivity contribution in [3.05, 3.63) is 48.5 Å². The van der Waals surface area contributed by atoms with Gasteiger partial charge in [0.05, 0.1) is 14.2 Å². The first kappa shape index (κ1) is 19.4. The lowest BCUT2D eigenvalue weighted by molar-refractivity contribution is 0.414. The third-order valence-corrected chi connectivity index (χ3v) is 4.55. The van der Waals surface area contributed by atoms with Crippen molar-refractivity contribution in [2.45, 2.75) is 9.79 Å². The Balaban J connectivity index is 2.10. The molecule has 130 valence electrons. The van der Waals surface area contributed by atoms with E-state index in [2.05, 4.69) is 8.80 Å². The highest BCUT2D eigenvalue weighted by molar-refractivity contribution is 7.98. The molecule has 0 fully saturated rings. The van der Waals surface area contributed by atoms with Crippen molar-refractivity contribution < 1.29 is 9.47 Å². The highest BCUT2D eigenvalue weighted by Crippen LogP contribution is 2.24. The van der Waals surface area contributed by atoms with E-state index >= 15 is 0 Å². The minimum atomic E-state index is -0.0330. The van der Waals surface area contributed by atoms with Gasteiger partial charge in [0, 0.05) is 33.7 Å². The first-order valence-electron chi connectivity index (χ1n) is 7.29. The molecule has 2 rings (SSSR count). The van der Waals surface area contributed by atoms with Gasteiger partial charge in [-0.15, -0.1) is 0 Å². The van der Waals surface area contributed by atoms with Gasteiger partial charge in [0.15, 0.2) is 11.4 Å². The molecular formula is C18H14N4O2S2. The summed E-state index contributed by atoms with van der Waals surface area (Å²) in [5.74, 6) is 1.46. The van der Waals surface area contributed by atoms with E-state index in [1.54, 1.807) is 38.5 Å². The molecule has 0 aliphatic rings. The second kappa shape index (κ2) is 10.1. The van der Waals surface area contributed by atoms with Gasteiger partial charge in [-0.25, -0.2) is 0 Å². The minimum Gasteiger partial charge on any atom is -0.497 e. The Kier molecular flexibility index (Phi) is 7.56. The van der Waals surface area contributed by atoms with E-state index in [-0.39, 0.29) is 11.4 Å². The zero-order valence-corrected chi connectivity index (χ0v) is 15.7. The molecule has 0 saturated heterocycles. The first-order chi connectivity index (χ1) is 12.7. The van der Waals surface area contributed by atoms with E-state index in [0.29, 0.717) is 0 Å². The smallest absolute Gasteiger partial charge is 0.186 e. The lowest BCUT2D eigenvalue weighted by atomic mass is 10.3. The summed E-state index contributed by atoms with van der Waals surface area (Å²) in [6, 6.07) is 18.3. The lowest BCUT2D eigenvalue weighted by Crippen LogP contribution is -2.08. The number of benzene rings is 2. The summed E-state index contributed by atoms with van der Waals surface area (Å²) in [4.78, 5) is 1.64. The third kappa shape index (κ3) is 5.55. The number of hydrogen-bond acceptors (Lipinski definition) is 8. The fourth-order valence-corrected chi connectivity index (χ4v) is 2.87. The Morgan fingerprint density at radius 1 is 0.731 bits per heavy atom. The van der Waals surface area contributed by atoms with Crippen molar-refractivity contribution in [3.63, 3.8) is 0 Å². The largest absolute Gasteiger partial charge is 0.497 e. The predicted octanol–water partition coefficient (Wildman–Crippen LogP) is 4.35. The van der Waals surface area contributed by atoms with Gasteiger partial charge in [0.2, 0.25) is 0 Å². The summed E-state index contributed by atoms with van der Waals surface area (Å²) >= 11 is 2.19. The van der Waals surface area contributed by atoms with Crippen LogP contribution in [0.5, 0.6) is 11.5 Å². The van der Waals surface area contributed by atoms with E-state index in [1.807, 2.05) is 36.4 Å². The Bertz CT molecular complexity index is 804. The molecule has 26 heavy (non-hydrogen) atoms. The summed E-state index contributed by atoms with van der Waals surface area (Å²) < 4.78 is 18.4. The highest BCUT2D eigenvalue weighted by Gasteiger charge is 2.09. The topological polar surface area (TPSA) is 90.8 Å². The minimum absolute atomic E-state index is 0.0330. The maximum Gasteiger partial charge on any atom is 0.186 e. The molecule has 0 N–H and O–H groups in total. The van der Waals surface area contributed by atoms with Crippen LogP contribution >= 0.6 is 23.9 Å². The molecule has 0 amide bonds. The quantitative estimate of drug-likeness (QED) is 0.522. The van der Waals surface area contributed by atoms with Crippen molar-refractivity contribution in [2.24, 2.45) is 8.80 Å². The van der Waals surface area contributed by atoms with Crippen molar-refractivity contribution >= 4 is 35.3 Å². The molecule has 0 radical (unpaired) electrons. The molecule has 0 atom stereocenters. The molecule has 2 aromatic carbocycles. The molecule has 0 spiro atoms. The lowest BCUT2D eigenvalue weighted by Gasteiger charge is -2.01. The standard InChI is InChI=1S/C18H14N4O2S2/c1-23-13-3-7-15(8-4-13)25-21-17(11-19)18(12-20)22-26-16-9-5-14(24-2)6-10-16/h3-10H,1-2H3/b21-17+,22-18+. The third-order valence-electron chi connectivity index (χ3n) is 3.04. The van der Waals surface area contributed by atoms with Crippen LogP contribution in [-0.2, 0) is 0 Å². The second-order valence-corrected chi connectivity index (χ2v) is 6.31. The Hall–Kier alpha value is -2.94. The monoisotopic (exact) mass is 382 g/mol. The van der Waals surface area contributed by atoms with E-state index in [4.69, 9.17) is 9.47 Å². The van der Waals surface area contributed by atoms with Crippen LogP contribution in [0.1, 0.15) is 0 Å². The summed E-state index contributed by atoms with van der Waals surface area (Å²) in [6.45, 7) is 0. The molecule has 8 heteroatoms. The molecule has 0 unspecified atom stereocenters. The van der Waals surface area contributed by atoms with Gasteiger partial charge in [-0.1, -0.05) is 0 Å². The fourth-order valence-electron chi connectivity index (χ4n) is 1.70. The van der Waals surface area contributed by atoms with Gasteiger partial charge in [0.1, 0.15) is 23.6 Å². The van der Waals surface area contributed by atoms with Gasteiger partial charge in [-0.05, 0) is 48.5 Å². The number of nitrogens with zero attached hydrogens (tertiary/aromatic N) is 4. The summed E-state index contributed by atoms with van der Waals surface area (Å²) in [6.07, 6.45) is 0. The van der Waals surface area contributed by atoms with Gasteiger partial charge >= 0.3 is 0 Å². The SMILES string of the molecule is COc1ccc(S/N=C(C#N)/C(C#N)=N/Sc2ccc(OC)cc2)cc1. The molecule has 0 saturated carbocycles. The van der Waals surface area contributed by atoms with Crippen LogP contribution in [0.2, 0.25) is 0 Å². The molecule has 0 aromatic heterocycles.